The van der Waals surface area contributed by atoms with Crippen LogP contribution in [0.25, 0.3) is 255 Å². The molecule has 18 aromatic carbocycles. The summed E-state index contributed by atoms with van der Waals surface area (Å²) in [4.78, 5) is 33.3. The van der Waals surface area contributed by atoms with Gasteiger partial charge in [-0.05, 0) is 156 Å². The molecule has 0 aliphatic heterocycles. The van der Waals surface area contributed by atoms with Crippen LogP contribution in [0, 0.1) is 0 Å². The van der Waals surface area contributed by atoms with E-state index < -0.39 is 0 Å². The fourth-order valence-electron chi connectivity index (χ4n) is 20.4. The van der Waals surface area contributed by atoms with E-state index in [9.17, 15) is 0 Å². The van der Waals surface area contributed by atoms with Crippen LogP contribution in [0.3, 0.4) is 0 Å². The average molecular weight is 1620 g/mol. The van der Waals surface area contributed by atoms with Crippen LogP contribution >= 0.6 is 0 Å². The first-order chi connectivity index (χ1) is 63.0. The lowest BCUT2D eigenvalue weighted by Gasteiger charge is -2.14. The summed E-state index contributed by atoms with van der Waals surface area (Å²) in [6, 6.07) is 147. The summed E-state index contributed by atoms with van der Waals surface area (Å²) in [7, 11) is 0. The van der Waals surface area contributed by atoms with Gasteiger partial charge in [0.2, 0.25) is 11.9 Å². The van der Waals surface area contributed by atoms with Gasteiger partial charge in [0.05, 0.1) is 66.2 Å². The molecule has 127 heavy (non-hydrogen) atoms. The molecule has 9 heterocycles. The quantitative estimate of drug-likeness (QED) is 0.119. The molecule has 0 unspecified atom stereocenters. The highest BCUT2D eigenvalue weighted by Crippen LogP contribution is 2.48. The third-order valence-corrected chi connectivity index (χ3v) is 25.9. The summed E-state index contributed by atoms with van der Waals surface area (Å²) in [5, 5.41) is 15.5. The van der Waals surface area contributed by atoms with E-state index in [-0.39, 0.29) is 0 Å². The minimum Gasteiger partial charge on any atom is -0.456 e. The molecule has 0 atom stereocenters. The Morgan fingerprint density at radius 1 is 0.165 bits per heavy atom. The fraction of sp³-hybridized carbons (Fsp3) is 0. The van der Waals surface area contributed by atoms with Crippen molar-refractivity contribution in [1.29, 1.82) is 0 Å². The van der Waals surface area contributed by atoms with Crippen LogP contribution in [-0.2, 0) is 0 Å². The van der Waals surface area contributed by atoms with Crippen molar-refractivity contribution in [3.8, 4) is 102 Å². The first-order valence-electron chi connectivity index (χ1n) is 42.9. The topological polar surface area (TPSA) is 120 Å². The number of nitrogens with zero attached hydrogens (tertiary/aromatic N) is 12. The zero-order valence-corrected chi connectivity index (χ0v) is 68.0. The molecule has 0 aliphatic rings. The van der Waals surface area contributed by atoms with Crippen molar-refractivity contribution in [2.75, 3.05) is 0 Å². The lowest BCUT2D eigenvalue weighted by atomic mass is 9.99. The third-order valence-electron chi connectivity index (χ3n) is 25.9. The maximum Gasteiger partial charge on any atom is 0.238 e. The smallest absolute Gasteiger partial charge is 0.238 e. The number of para-hydroxylation sites is 10. The molecule has 0 fully saturated rings. The summed E-state index contributed by atoms with van der Waals surface area (Å²) in [5.74, 6) is 3.24. The number of aromatic nitrogens is 12. The van der Waals surface area contributed by atoms with Crippen molar-refractivity contribution < 1.29 is 4.42 Å². The second-order valence-electron chi connectivity index (χ2n) is 32.8. The van der Waals surface area contributed by atoms with Gasteiger partial charge in [0.1, 0.15) is 11.2 Å². The Morgan fingerprint density at radius 2 is 0.512 bits per heavy atom. The second-order valence-corrected chi connectivity index (χ2v) is 32.8. The predicted molar refractivity (Wildman–Crippen MR) is 519 cm³/mol. The molecule has 590 valence electrons. The molecule has 0 saturated carbocycles. The average Bonchev–Trinajstić information content (AvgIpc) is 1.55. The molecular formula is C114H68N12O. The molecule has 0 N–H and O–H groups in total. The van der Waals surface area contributed by atoms with Crippen molar-refractivity contribution in [2.24, 2.45) is 0 Å². The van der Waals surface area contributed by atoms with Gasteiger partial charge in [-0.25, -0.2) is 9.97 Å². The van der Waals surface area contributed by atoms with E-state index >= 15 is 0 Å². The Labute approximate surface area is 724 Å². The number of benzene rings is 18. The summed E-state index contributed by atoms with van der Waals surface area (Å²) >= 11 is 0. The van der Waals surface area contributed by atoms with Gasteiger partial charge < -0.3 is 22.7 Å². The first-order valence-corrected chi connectivity index (χ1v) is 42.9. The molecule has 27 rings (SSSR count). The SMILES string of the molecule is c1ccc(-c2nc(-c3cccc4c5ccccc5n(-c5ccccc5)c34)nc(-n3c4ccccc4c4ccc5c(c6ccccc6n5-c5ccc(-c6ccc(-c7ccc8c(c7)c7ccc(-c9nc(-c%10ccc%11c(c%10)oc%10ccccc%10%11)nc(-n%10c%11ccccc%11c%11ccc%12c(c%13ccccc%13n%12-c%12ccccc%12)c%11%10)n9)cc7n8-c7ccccc7)cc6)cc5)c43)n2)cc1. The van der Waals surface area contributed by atoms with Crippen LogP contribution in [0.5, 0.6) is 0 Å². The summed E-state index contributed by atoms with van der Waals surface area (Å²) in [6.45, 7) is 0. The second kappa shape index (κ2) is 27.5. The van der Waals surface area contributed by atoms with Gasteiger partial charge in [-0.15, -0.1) is 0 Å². The van der Waals surface area contributed by atoms with Gasteiger partial charge in [-0.2, -0.15) is 19.9 Å². The van der Waals surface area contributed by atoms with Gasteiger partial charge in [0.15, 0.2) is 23.3 Å². The van der Waals surface area contributed by atoms with Crippen molar-refractivity contribution in [1.82, 2.24) is 57.3 Å². The van der Waals surface area contributed by atoms with Crippen LogP contribution in [0.2, 0.25) is 0 Å². The van der Waals surface area contributed by atoms with Gasteiger partial charge in [0, 0.05) is 120 Å². The Hall–Kier alpha value is -17.4. The predicted octanol–water partition coefficient (Wildman–Crippen LogP) is 28.5. The van der Waals surface area contributed by atoms with Crippen molar-refractivity contribution in [2.45, 2.75) is 0 Å². The summed E-state index contributed by atoms with van der Waals surface area (Å²) in [6.07, 6.45) is 0. The molecular weight excluding hydrogens is 1550 g/mol. The third kappa shape index (κ3) is 10.7. The number of rotatable bonds is 12. The highest BCUT2D eigenvalue weighted by Gasteiger charge is 2.29. The molecule has 0 aliphatic carbocycles. The van der Waals surface area contributed by atoms with E-state index in [1.807, 2.05) is 30.3 Å². The van der Waals surface area contributed by atoms with E-state index in [1.165, 1.54) is 0 Å². The molecule has 0 radical (unpaired) electrons. The van der Waals surface area contributed by atoms with Crippen LogP contribution in [-0.4, -0.2) is 57.3 Å². The fourth-order valence-corrected chi connectivity index (χ4v) is 20.4. The van der Waals surface area contributed by atoms with E-state index in [1.54, 1.807) is 0 Å². The zero-order valence-electron chi connectivity index (χ0n) is 68.0. The maximum absolute atomic E-state index is 6.58. The minimum atomic E-state index is 0.500. The van der Waals surface area contributed by atoms with Gasteiger partial charge in [-0.3, -0.25) is 9.13 Å². The normalized spacial score (nSPS) is 12.1. The molecule has 13 heteroatoms. The van der Waals surface area contributed by atoms with Crippen LogP contribution in [0.1, 0.15) is 0 Å². The number of fused-ring (bicyclic) bond motifs is 23. The van der Waals surface area contributed by atoms with E-state index in [4.69, 9.17) is 34.3 Å². The summed E-state index contributed by atoms with van der Waals surface area (Å²) in [5.41, 5.74) is 26.3. The highest BCUT2D eigenvalue weighted by atomic mass is 16.3. The van der Waals surface area contributed by atoms with Gasteiger partial charge >= 0.3 is 0 Å². The van der Waals surface area contributed by atoms with Crippen LogP contribution in [0.15, 0.2) is 417 Å². The van der Waals surface area contributed by atoms with Gasteiger partial charge in [0.25, 0.3) is 0 Å². The van der Waals surface area contributed by atoms with E-state index in [0.717, 1.165) is 220 Å². The maximum atomic E-state index is 6.58. The van der Waals surface area contributed by atoms with Crippen molar-refractivity contribution in [3.05, 3.63) is 413 Å². The number of furan rings is 1. The highest BCUT2D eigenvalue weighted by molar-refractivity contribution is 6.28. The Kier molecular flexibility index (Phi) is 15.2. The largest absolute Gasteiger partial charge is 0.456 e. The van der Waals surface area contributed by atoms with E-state index in [0.29, 0.717) is 35.2 Å². The summed E-state index contributed by atoms with van der Waals surface area (Å²) < 4.78 is 20.6. The molecule has 0 saturated heterocycles. The zero-order chi connectivity index (χ0) is 83.1. The lowest BCUT2D eigenvalue weighted by Crippen LogP contribution is -2.07. The standard InChI is InChI=1S/C114H68N12O/c1-5-26-72(27-6-1)109-116-112(91-41-25-40-86-80-34-13-19-42-93(80)124(106(86)91)78-32-11-4-12-33-78)120-114(117-109)126-95-44-21-15-36-82(95)88-62-65-100-105(108(88)126)90-39-17-23-46-97(90)122(100)79-57-52-70(53-58-79)69-48-50-71(51-49-69)73-56-63-98-92(66-73)83-59-54-74(67-101(83)123(98)77-30-9-3-10-31-77)110-115-111(75-55-60-85-84-37-18-24-47-102(84)127-103(85)68-75)119-113(118-110)125-94-43-20-14-35-81(94)87-61-64-99-104(107(87)125)89-38-16-22-45-96(89)121(99)76-28-7-2-8-29-76/h1-68H. The first kappa shape index (κ1) is 70.3. The molecule has 0 bridgehead atoms. The number of hydrogen-bond acceptors (Lipinski definition) is 7. The minimum absolute atomic E-state index is 0.500. The number of hydrogen-bond donors (Lipinski definition) is 0. The molecule has 13 nitrogen and oxygen atoms in total. The van der Waals surface area contributed by atoms with E-state index in [2.05, 4.69) is 410 Å². The van der Waals surface area contributed by atoms with Crippen molar-refractivity contribution >= 4 is 153 Å². The van der Waals surface area contributed by atoms with Crippen LogP contribution in [0.4, 0.5) is 0 Å². The molecule has 27 aromatic rings. The Morgan fingerprint density at radius 3 is 1.07 bits per heavy atom. The lowest BCUT2D eigenvalue weighted by molar-refractivity contribution is 0.669. The van der Waals surface area contributed by atoms with Crippen LogP contribution < -0.4 is 0 Å². The molecule has 9 aromatic heterocycles. The Bertz CT molecular complexity index is 9260. The monoisotopic (exact) mass is 1620 g/mol. The Balaban J connectivity index is 0.567. The van der Waals surface area contributed by atoms with Crippen molar-refractivity contribution in [3.63, 3.8) is 0 Å². The van der Waals surface area contributed by atoms with Gasteiger partial charge in [-0.1, -0.05) is 279 Å². The molecule has 0 amide bonds. The molecule has 0 spiro atoms.